The van der Waals surface area contributed by atoms with Gasteiger partial charge in [-0.2, -0.15) is 0 Å². The summed E-state index contributed by atoms with van der Waals surface area (Å²) in [6.07, 6.45) is 16.8. The minimum atomic E-state index is -0.885. The molecule has 115 valence electrons. The van der Waals surface area contributed by atoms with E-state index in [2.05, 4.69) is 71.1 Å². The Labute approximate surface area is 131 Å². The fraction of sp³-hybridized carbons (Fsp3) is 0.579. The minimum absolute atomic E-state index is 0.679. The van der Waals surface area contributed by atoms with E-state index < -0.39 is 16.0 Å². The van der Waals surface area contributed by atoms with E-state index in [0.29, 0.717) is 11.8 Å². The molecule has 0 atom stereocenters. The van der Waals surface area contributed by atoms with Crippen LogP contribution < -0.4 is 0 Å². The van der Waals surface area contributed by atoms with E-state index in [4.69, 9.17) is 0 Å². The molecule has 1 aliphatic rings. The number of hydrogen-bond acceptors (Lipinski definition) is 0. The molecule has 0 aromatic heterocycles. The SMILES string of the molecule is CCC1=[C]([Ru]([CH2]C=CC(C)C)[CH2]C=CC(C)C)CC=C1. The van der Waals surface area contributed by atoms with E-state index in [0.717, 1.165) is 0 Å². The molecule has 0 nitrogen and oxygen atoms in total. The molecule has 0 N–H and O–H groups in total. The molecule has 1 heteroatoms. The van der Waals surface area contributed by atoms with Crippen molar-refractivity contribution in [1.82, 2.24) is 0 Å². The molecule has 0 saturated heterocycles. The van der Waals surface area contributed by atoms with Crippen LogP contribution in [0.25, 0.3) is 0 Å². The summed E-state index contributed by atoms with van der Waals surface area (Å²) in [4.78, 5) is 0. The van der Waals surface area contributed by atoms with Crippen LogP contribution in [0.5, 0.6) is 0 Å². The normalized spacial score (nSPS) is 16.6. The van der Waals surface area contributed by atoms with Crippen molar-refractivity contribution in [2.75, 3.05) is 0 Å². The zero-order chi connectivity index (χ0) is 15.0. The quantitative estimate of drug-likeness (QED) is 0.343. The van der Waals surface area contributed by atoms with Crippen LogP contribution in [0, 0.1) is 11.8 Å². The fourth-order valence-electron chi connectivity index (χ4n) is 2.16. The average Bonchev–Trinajstić information content (AvgIpc) is 2.84. The van der Waals surface area contributed by atoms with Gasteiger partial charge < -0.3 is 0 Å². The van der Waals surface area contributed by atoms with Crippen LogP contribution >= 0.6 is 0 Å². The maximum absolute atomic E-state index is 2.45. The van der Waals surface area contributed by atoms with Gasteiger partial charge in [0.05, 0.1) is 0 Å². The van der Waals surface area contributed by atoms with Crippen LogP contribution in [0.2, 0.25) is 10.0 Å². The predicted molar refractivity (Wildman–Crippen MR) is 88.6 cm³/mol. The Bertz CT molecular complexity index is 374. The van der Waals surface area contributed by atoms with Crippen molar-refractivity contribution in [3.05, 3.63) is 46.2 Å². The Morgan fingerprint density at radius 1 is 1.05 bits per heavy atom. The first-order valence-corrected chi connectivity index (χ1v) is 11.2. The molecular formula is C19H31Ru. The van der Waals surface area contributed by atoms with Gasteiger partial charge in [-0.1, -0.05) is 0 Å². The van der Waals surface area contributed by atoms with Gasteiger partial charge in [0.2, 0.25) is 0 Å². The summed E-state index contributed by atoms with van der Waals surface area (Å²) in [6, 6.07) is 0. The van der Waals surface area contributed by atoms with Gasteiger partial charge in [0.25, 0.3) is 0 Å². The summed E-state index contributed by atoms with van der Waals surface area (Å²) in [5, 5.41) is 2.65. The van der Waals surface area contributed by atoms with Gasteiger partial charge in [-0.25, -0.2) is 0 Å². The van der Waals surface area contributed by atoms with Crippen molar-refractivity contribution in [3.8, 4) is 0 Å². The number of hydrogen-bond donors (Lipinski definition) is 0. The zero-order valence-electron chi connectivity index (χ0n) is 13.8. The molecular weight excluding hydrogens is 329 g/mol. The molecule has 0 aliphatic heterocycles. The van der Waals surface area contributed by atoms with Crippen LogP contribution in [0.15, 0.2) is 46.2 Å². The molecule has 0 amide bonds. The first-order valence-electron chi connectivity index (χ1n) is 7.83. The summed E-state index contributed by atoms with van der Waals surface area (Å²) < 4.78 is 1.82. The van der Waals surface area contributed by atoms with Gasteiger partial charge in [-0.3, -0.25) is 0 Å². The van der Waals surface area contributed by atoms with Crippen LogP contribution in [-0.2, 0) is 16.0 Å². The molecule has 0 heterocycles. The molecule has 0 radical (unpaired) electrons. The van der Waals surface area contributed by atoms with Crippen molar-refractivity contribution in [2.45, 2.75) is 57.5 Å². The summed E-state index contributed by atoms with van der Waals surface area (Å²) in [5.74, 6) is 1.36. The molecule has 20 heavy (non-hydrogen) atoms. The van der Waals surface area contributed by atoms with E-state index in [1.807, 2.05) is 4.17 Å². The second-order valence-corrected chi connectivity index (χ2v) is 10.5. The molecule has 0 aromatic rings. The molecule has 1 rings (SSSR count). The van der Waals surface area contributed by atoms with Crippen molar-refractivity contribution in [2.24, 2.45) is 11.8 Å². The molecule has 0 fully saturated rings. The van der Waals surface area contributed by atoms with Crippen LogP contribution in [-0.4, -0.2) is 0 Å². The van der Waals surface area contributed by atoms with Gasteiger partial charge in [0.15, 0.2) is 0 Å². The van der Waals surface area contributed by atoms with E-state index in [-0.39, 0.29) is 0 Å². The zero-order valence-corrected chi connectivity index (χ0v) is 15.5. The Hall–Kier alpha value is -0.417. The first-order chi connectivity index (χ1) is 9.54. The molecule has 0 aromatic carbocycles. The first kappa shape index (κ1) is 17.6. The predicted octanol–water partition coefficient (Wildman–Crippen LogP) is 6.49. The fourth-order valence-corrected chi connectivity index (χ4v) is 6.72. The van der Waals surface area contributed by atoms with Gasteiger partial charge in [-0.05, 0) is 0 Å². The average molecular weight is 361 g/mol. The topological polar surface area (TPSA) is 0 Å². The second-order valence-electron chi connectivity index (χ2n) is 5.94. The van der Waals surface area contributed by atoms with E-state index in [1.165, 1.54) is 22.9 Å². The summed E-state index contributed by atoms with van der Waals surface area (Å²) in [5.41, 5.74) is 1.64. The van der Waals surface area contributed by atoms with Crippen molar-refractivity contribution in [3.63, 3.8) is 0 Å². The summed E-state index contributed by atoms with van der Waals surface area (Å²) in [6.45, 7) is 11.4. The second kappa shape index (κ2) is 9.51. The van der Waals surface area contributed by atoms with Crippen LogP contribution in [0.4, 0.5) is 0 Å². The molecule has 0 unspecified atom stereocenters. The van der Waals surface area contributed by atoms with Gasteiger partial charge in [0, 0.05) is 0 Å². The van der Waals surface area contributed by atoms with Gasteiger partial charge >= 0.3 is 131 Å². The van der Waals surface area contributed by atoms with E-state index in [9.17, 15) is 0 Å². The van der Waals surface area contributed by atoms with Crippen molar-refractivity contribution in [1.29, 1.82) is 0 Å². The van der Waals surface area contributed by atoms with E-state index in [1.54, 1.807) is 5.57 Å². The maximum atomic E-state index is 2.45. The third kappa shape index (κ3) is 6.36. The summed E-state index contributed by atoms with van der Waals surface area (Å²) in [7, 11) is 0. The molecule has 0 saturated carbocycles. The molecule has 0 bridgehead atoms. The number of allylic oxidation sites excluding steroid dienone is 8. The standard InChI is InChI=1S/C7H9.2C6H11.Ru/c1-2-7-5-3-4-6-7;2*1-4-5-6(2)3;/h3,5H,2,4H2,1H3;2*4-6H,1H2,2-3H3;. The third-order valence-corrected chi connectivity index (χ3v) is 8.12. The molecule has 1 aliphatic carbocycles. The van der Waals surface area contributed by atoms with Crippen molar-refractivity contribution >= 4 is 0 Å². The number of rotatable bonds is 8. The monoisotopic (exact) mass is 361 g/mol. The van der Waals surface area contributed by atoms with Crippen molar-refractivity contribution < 1.29 is 16.0 Å². The van der Waals surface area contributed by atoms with Gasteiger partial charge in [0.1, 0.15) is 0 Å². The van der Waals surface area contributed by atoms with Crippen LogP contribution in [0.3, 0.4) is 0 Å². The Morgan fingerprint density at radius 2 is 1.60 bits per heavy atom. The van der Waals surface area contributed by atoms with Gasteiger partial charge in [-0.15, -0.1) is 0 Å². The van der Waals surface area contributed by atoms with E-state index >= 15 is 0 Å². The Morgan fingerprint density at radius 3 is 2.05 bits per heavy atom. The van der Waals surface area contributed by atoms with Crippen LogP contribution in [0.1, 0.15) is 47.5 Å². The third-order valence-electron chi connectivity index (χ3n) is 3.19. The summed E-state index contributed by atoms with van der Waals surface area (Å²) >= 11 is -0.885. The Balaban J connectivity index is 2.74. The molecule has 0 spiro atoms. The Kier molecular flexibility index (Phi) is 8.38.